The first kappa shape index (κ1) is 21.5. The van der Waals surface area contributed by atoms with Gasteiger partial charge in [-0.1, -0.05) is 78.9 Å². The summed E-state index contributed by atoms with van der Waals surface area (Å²) in [6, 6.07) is 29.3. The lowest BCUT2D eigenvalue weighted by molar-refractivity contribution is -0.148. The Hall–Kier alpha value is -3.75. The maximum Gasteiger partial charge on any atom is 0.313 e. The average molecular weight is 425 g/mol. The Labute approximate surface area is 187 Å². The van der Waals surface area contributed by atoms with Crippen molar-refractivity contribution in [2.75, 3.05) is 0 Å². The number of para-hydroxylation sites is 1. The number of nitrogens with zero attached hydrogens (tertiary/aromatic N) is 1. The highest BCUT2D eigenvalue weighted by molar-refractivity contribution is 5.98. The van der Waals surface area contributed by atoms with Crippen molar-refractivity contribution in [2.24, 2.45) is 5.92 Å². The van der Waals surface area contributed by atoms with Gasteiger partial charge in [0.2, 0.25) is 0 Å². The molecule has 0 aromatic heterocycles. The van der Waals surface area contributed by atoms with Crippen molar-refractivity contribution in [3.8, 4) is 11.8 Å². The first-order chi connectivity index (χ1) is 15.6. The molecule has 0 saturated carbocycles. The zero-order valence-electron chi connectivity index (χ0n) is 17.5. The molecule has 0 bridgehead atoms. The van der Waals surface area contributed by atoms with E-state index in [2.05, 4.69) is 6.07 Å². The number of hydrogen-bond acceptors (Lipinski definition) is 5. The molecule has 5 heteroatoms. The van der Waals surface area contributed by atoms with E-state index in [9.17, 15) is 14.9 Å². The summed E-state index contributed by atoms with van der Waals surface area (Å²) < 4.78 is 11.6. The Balaban J connectivity index is 1.60. The second kappa shape index (κ2) is 9.59. The standard InChI is InChI=1S/C27H23NO4/c28-19-27(22-12-6-2-7-13-22)18-21(26(30)20-10-4-1-5-11-20)16-24(32-27)17-25(29)31-23-14-8-3-9-15-23/h1-15,21,24H,16-18H2/t21-,24-,27-/m0/s1. The van der Waals surface area contributed by atoms with Gasteiger partial charge in [-0.2, -0.15) is 5.26 Å². The van der Waals surface area contributed by atoms with Gasteiger partial charge in [0.05, 0.1) is 12.5 Å². The van der Waals surface area contributed by atoms with Gasteiger partial charge in [-0.3, -0.25) is 9.59 Å². The third-order valence-corrected chi connectivity index (χ3v) is 5.67. The van der Waals surface area contributed by atoms with Gasteiger partial charge in [0.25, 0.3) is 0 Å². The van der Waals surface area contributed by atoms with Crippen LogP contribution in [0.4, 0.5) is 0 Å². The van der Waals surface area contributed by atoms with Crippen LogP contribution in [-0.4, -0.2) is 17.9 Å². The van der Waals surface area contributed by atoms with Crippen LogP contribution in [0.1, 0.15) is 35.2 Å². The number of benzene rings is 3. The number of ether oxygens (including phenoxy) is 2. The molecule has 3 aromatic carbocycles. The van der Waals surface area contributed by atoms with Gasteiger partial charge in [0.1, 0.15) is 11.8 Å². The number of carbonyl (C=O) groups is 2. The SMILES string of the molecule is N#C[C@]1(c2ccccc2)C[C@@H](C(=O)c2ccccc2)C[C@@H](CC(=O)Oc2ccccc2)O1. The van der Waals surface area contributed by atoms with Crippen molar-refractivity contribution in [1.29, 1.82) is 5.26 Å². The Kier molecular flexibility index (Phi) is 6.44. The normalized spacial score (nSPS) is 22.5. The molecule has 0 radical (unpaired) electrons. The monoisotopic (exact) mass is 425 g/mol. The predicted octanol–water partition coefficient (Wildman–Crippen LogP) is 5.08. The summed E-state index contributed by atoms with van der Waals surface area (Å²) in [6.07, 6.45) is -0.110. The molecule has 0 spiro atoms. The lowest BCUT2D eigenvalue weighted by Crippen LogP contribution is -2.44. The second-order valence-corrected chi connectivity index (χ2v) is 7.90. The zero-order valence-corrected chi connectivity index (χ0v) is 17.5. The van der Waals surface area contributed by atoms with E-state index in [1.807, 2.05) is 54.6 Å². The van der Waals surface area contributed by atoms with Crippen LogP contribution in [0.3, 0.4) is 0 Å². The van der Waals surface area contributed by atoms with E-state index < -0.39 is 23.6 Å². The summed E-state index contributed by atoms with van der Waals surface area (Å²) in [5.74, 6) is -0.528. The van der Waals surface area contributed by atoms with Crippen molar-refractivity contribution in [2.45, 2.75) is 31.0 Å². The minimum Gasteiger partial charge on any atom is -0.426 e. The van der Waals surface area contributed by atoms with E-state index in [1.165, 1.54) is 0 Å². The molecule has 1 aliphatic rings. The number of esters is 1. The molecule has 1 saturated heterocycles. The van der Waals surface area contributed by atoms with Crippen LogP contribution < -0.4 is 4.74 Å². The maximum absolute atomic E-state index is 13.3. The molecule has 0 amide bonds. The quantitative estimate of drug-likeness (QED) is 0.313. The molecule has 160 valence electrons. The van der Waals surface area contributed by atoms with Crippen molar-refractivity contribution < 1.29 is 19.1 Å². The number of ketones is 1. The largest absolute Gasteiger partial charge is 0.426 e. The van der Waals surface area contributed by atoms with Crippen LogP contribution in [0, 0.1) is 17.2 Å². The van der Waals surface area contributed by atoms with E-state index in [0.717, 1.165) is 0 Å². The summed E-state index contributed by atoms with van der Waals surface area (Å²) >= 11 is 0. The van der Waals surface area contributed by atoms with Crippen molar-refractivity contribution in [1.82, 2.24) is 0 Å². The lowest BCUT2D eigenvalue weighted by Gasteiger charge is -2.40. The summed E-state index contributed by atoms with van der Waals surface area (Å²) in [5.41, 5.74) is -0.0498. The molecule has 3 atom stereocenters. The molecular formula is C27H23NO4. The summed E-state index contributed by atoms with van der Waals surface area (Å²) in [5, 5.41) is 10.1. The van der Waals surface area contributed by atoms with Crippen molar-refractivity contribution in [3.05, 3.63) is 102 Å². The molecule has 1 heterocycles. The number of Topliss-reactive ketones (excluding diaryl/α,β-unsaturated/α-hetero) is 1. The molecule has 32 heavy (non-hydrogen) atoms. The van der Waals surface area contributed by atoms with Crippen molar-refractivity contribution >= 4 is 11.8 Å². The first-order valence-electron chi connectivity index (χ1n) is 10.6. The van der Waals surface area contributed by atoms with Crippen LogP contribution in [0.15, 0.2) is 91.0 Å². The van der Waals surface area contributed by atoms with E-state index in [0.29, 0.717) is 23.3 Å². The highest BCUT2D eigenvalue weighted by Gasteiger charge is 2.46. The fourth-order valence-electron chi connectivity index (χ4n) is 4.17. The van der Waals surface area contributed by atoms with E-state index in [4.69, 9.17) is 9.47 Å². The molecule has 1 aliphatic heterocycles. The highest BCUT2D eigenvalue weighted by Crippen LogP contribution is 2.42. The molecule has 0 N–H and O–H groups in total. The van der Waals surface area contributed by atoms with E-state index in [-0.39, 0.29) is 18.6 Å². The minimum atomic E-state index is -1.31. The topological polar surface area (TPSA) is 76.4 Å². The van der Waals surface area contributed by atoms with Crippen molar-refractivity contribution in [3.63, 3.8) is 0 Å². The van der Waals surface area contributed by atoms with Gasteiger partial charge < -0.3 is 9.47 Å². The van der Waals surface area contributed by atoms with Crippen LogP contribution in [-0.2, 0) is 15.1 Å². The van der Waals surface area contributed by atoms with E-state index >= 15 is 0 Å². The van der Waals surface area contributed by atoms with Crippen LogP contribution in [0.5, 0.6) is 5.75 Å². The van der Waals surface area contributed by atoms with Gasteiger partial charge in [-0.15, -0.1) is 0 Å². The maximum atomic E-state index is 13.3. The number of nitriles is 1. The van der Waals surface area contributed by atoms with Crippen LogP contribution in [0.2, 0.25) is 0 Å². The Morgan fingerprint density at radius 1 is 0.938 bits per heavy atom. The molecular weight excluding hydrogens is 402 g/mol. The summed E-state index contributed by atoms with van der Waals surface area (Å²) in [6.45, 7) is 0. The Morgan fingerprint density at radius 2 is 1.53 bits per heavy atom. The molecule has 0 aliphatic carbocycles. The van der Waals surface area contributed by atoms with E-state index in [1.54, 1.807) is 36.4 Å². The zero-order chi connectivity index (χ0) is 22.4. The second-order valence-electron chi connectivity index (χ2n) is 7.90. The molecule has 0 unspecified atom stereocenters. The summed E-state index contributed by atoms with van der Waals surface area (Å²) in [4.78, 5) is 25.9. The smallest absolute Gasteiger partial charge is 0.313 e. The molecule has 1 fully saturated rings. The van der Waals surface area contributed by atoms with Gasteiger partial charge in [0, 0.05) is 17.9 Å². The number of rotatable bonds is 6. The average Bonchev–Trinajstić information content (AvgIpc) is 2.85. The lowest BCUT2D eigenvalue weighted by atomic mass is 9.76. The van der Waals surface area contributed by atoms with Gasteiger partial charge in [-0.25, -0.2) is 0 Å². The fraction of sp³-hybridized carbons (Fsp3) is 0.222. The first-order valence-corrected chi connectivity index (χ1v) is 10.6. The molecule has 5 nitrogen and oxygen atoms in total. The van der Waals surface area contributed by atoms with Crippen LogP contribution in [0.25, 0.3) is 0 Å². The third-order valence-electron chi connectivity index (χ3n) is 5.67. The predicted molar refractivity (Wildman–Crippen MR) is 119 cm³/mol. The highest BCUT2D eigenvalue weighted by atomic mass is 16.5. The molecule has 4 rings (SSSR count). The Morgan fingerprint density at radius 3 is 2.16 bits per heavy atom. The number of hydrogen-bond donors (Lipinski definition) is 0. The van der Waals surface area contributed by atoms with Gasteiger partial charge in [-0.05, 0) is 24.1 Å². The van der Waals surface area contributed by atoms with Gasteiger partial charge >= 0.3 is 5.97 Å². The summed E-state index contributed by atoms with van der Waals surface area (Å²) in [7, 11) is 0. The van der Waals surface area contributed by atoms with Gasteiger partial charge in [0.15, 0.2) is 11.4 Å². The number of carbonyl (C=O) groups excluding carboxylic acids is 2. The minimum absolute atomic E-state index is 0.0501. The van der Waals surface area contributed by atoms with Crippen LogP contribution >= 0.6 is 0 Å². The molecule has 3 aromatic rings. The Bertz CT molecular complexity index is 1110. The fourth-order valence-corrected chi connectivity index (χ4v) is 4.17. The third kappa shape index (κ3) is 4.77.